The first-order valence-corrected chi connectivity index (χ1v) is 7.18. The molecule has 104 valence electrons. The molecule has 0 saturated carbocycles. The standard InChI is InChI=1S/C18H20FN/c1-18(2,3)17-14-5-4-6-16(19)13(14)8-7-12-9-10-20-11-15(12)17/h4-6,9-11,17H,7-8H2,1-3H3. The van der Waals surface area contributed by atoms with Crippen LogP contribution in [0.25, 0.3) is 0 Å². The molecule has 1 unspecified atom stereocenters. The Bertz CT molecular complexity index is 640. The Morgan fingerprint density at radius 3 is 2.65 bits per heavy atom. The second-order valence-corrected chi connectivity index (χ2v) is 6.68. The fourth-order valence-corrected chi connectivity index (χ4v) is 3.39. The molecule has 1 aromatic heterocycles. The molecule has 0 amide bonds. The molecular formula is C18H20FN. The highest BCUT2D eigenvalue weighted by Crippen LogP contribution is 2.45. The van der Waals surface area contributed by atoms with Crippen molar-refractivity contribution in [1.29, 1.82) is 0 Å². The highest BCUT2D eigenvalue weighted by molar-refractivity contribution is 5.45. The molecule has 0 spiro atoms. The molecule has 0 saturated heterocycles. The molecule has 1 aromatic carbocycles. The van der Waals surface area contributed by atoms with E-state index in [1.807, 2.05) is 18.5 Å². The molecule has 2 aromatic rings. The van der Waals surface area contributed by atoms with Crippen LogP contribution in [0.4, 0.5) is 4.39 Å². The lowest BCUT2D eigenvalue weighted by atomic mass is 9.71. The van der Waals surface area contributed by atoms with E-state index >= 15 is 0 Å². The number of benzene rings is 1. The molecule has 1 aliphatic rings. The number of rotatable bonds is 0. The normalized spacial score (nSPS) is 18.1. The van der Waals surface area contributed by atoms with E-state index in [1.54, 1.807) is 6.07 Å². The summed E-state index contributed by atoms with van der Waals surface area (Å²) in [6.07, 6.45) is 5.46. The highest BCUT2D eigenvalue weighted by Gasteiger charge is 2.33. The summed E-state index contributed by atoms with van der Waals surface area (Å²) in [5.41, 5.74) is 4.60. The molecule has 1 atom stereocenters. The zero-order chi connectivity index (χ0) is 14.3. The minimum absolute atomic E-state index is 0.0324. The molecule has 20 heavy (non-hydrogen) atoms. The summed E-state index contributed by atoms with van der Waals surface area (Å²) >= 11 is 0. The molecule has 0 radical (unpaired) electrons. The summed E-state index contributed by atoms with van der Waals surface area (Å²) in [5, 5.41) is 0. The maximum atomic E-state index is 14.2. The average molecular weight is 269 g/mol. The van der Waals surface area contributed by atoms with Crippen LogP contribution in [0.5, 0.6) is 0 Å². The van der Waals surface area contributed by atoms with E-state index < -0.39 is 0 Å². The summed E-state index contributed by atoms with van der Waals surface area (Å²) in [6.45, 7) is 6.65. The van der Waals surface area contributed by atoms with Gasteiger partial charge in [0.05, 0.1) is 0 Å². The Kier molecular flexibility index (Phi) is 3.12. The minimum Gasteiger partial charge on any atom is -0.264 e. The van der Waals surface area contributed by atoms with Crippen LogP contribution < -0.4 is 0 Å². The summed E-state index contributed by atoms with van der Waals surface area (Å²) in [5.74, 6) is 0.122. The van der Waals surface area contributed by atoms with Crippen molar-refractivity contribution in [1.82, 2.24) is 4.98 Å². The number of pyridine rings is 1. The Morgan fingerprint density at radius 2 is 1.90 bits per heavy atom. The summed E-state index contributed by atoms with van der Waals surface area (Å²) in [6, 6.07) is 7.56. The second kappa shape index (κ2) is 4.69. The van der Waals surface area contributed by atoms with Crippen molar-refractivity contribution in [2.45, 2.75) is 39.5 Å². The second-order valence-electron chi connectivity index (χ2n) is 6.68. The molecule has 0 bridgehead atoms. The molecule has 3 rings (SSSR count). The zero-order valence-corrected chi connectivity index (χ0v) is 12.3. The third-order valence-corrected chi connectivity index (χ3v) is 4.23. The fraction of sp³-hybridized carbons (Fsp3) is 0.389. The lowest BCUT2D eigenvalue weighted by Gasteiger charge is -2.32. The average Bonchev–Trinajstić information content (AvgIpc) is 2.55. The molecule has 1 heterocycles. The van der Waals surface area contributed by atoms with Crippen molar-refractivity contribution in [3.63, 3.8) is 0 Å². The molecule has 0 fully saturated rings. The summed E-state index contributed by atoms with van der Waals surface area (Å²) in [7, 11) is 0. The zero-order valence-electron chi connectivity index (χ0n) is 12.3. The van der Waals surface area contributed by atoms with E-state index in [1.165, 1.54) is 11.1 Å². The van der Waals surface area contributed by atoms with Crippen LogP contribution in [0.2, 0.25) is 0 Å². The number of fused-ring (bicyclic) bond motifs is 2. The van der Waals surface area contributed by atoms with Crippen molar-refractivity contribution >= 4 is 0 Å². The molecule has 2 heteroatoms. The van der Waals surface area contributed by atoms with Crippen LogP contribution in [0.15, 0.2) is 36.7 Å². The maximum Gasteiger partial charge on any atom is 0.126 e. The minimum atomic E-state index is -0.0717. The number of halogens is 1. The van der Waals surface area contributed by atoms with E-state index in [0.29, 0.717) is 0 Å². The van der Waals surface area contributed by atoms with Crippen LogP contribution >= 0.6 is 0 Å². The van der Waals surface area contributed by atoms with Crippen molar-refractivity contribution in [2.75, 3.05) is 0 Å². The van der Waals surface area contributed by atoms with Crippen molar-refractivity contribution in [2.24, 2.45) is 5.41 Å². The van der Waals surface area contributed by atoms with Gasteiger partial charge in [-0.05, 0) is 52.6 Å². The number of hydrogen-bond acceptors (Lipinski definition) is 1. The Morgan fingerprint density at radius 1 is 1.10 bits per heavy atom. The topological polar surface area (TPSA) is 12.9 Å². The van der Waals surface area contributed by atoms with E-state index in [-0.39, 0.29) is 17.2 Å². The van der Waals surface area contributed by atoms with Gasteiger partial charge in [0, 0.05) is 18.3 Å². The Hall–Kier alpha value is -1.70. The van der Waals surface area contributed by atoms with Crippen LogP contribution in [0.3, 0.4) is 0 Å². The van der Waals surface area contributed by atoms with Gasteiger partial charge in [-0.2, -0.15) is 0 Å². The van der Waals surface area contributed by atoms with Crippen LogP contribution in [-0.4, -0.2) is 4.98 Å². The SMILES string of the molecule is CC(C)(C)C1c2cnccc2CCc2c(F)cccc21. The summed E-state index contributed by atoms with van der Waals surface area (Å²) in [4.78, 5) is 4.31. The fourth-order valence-electron chi connectivity index (χ4n) is 3.39. The monoisotopic (exact) mass is 269 g/mol. The smallest absolute Gasteiger partial charge is 0.126 e. The van der Waals surface area contributed by atoms with E-state index in [2.05, 4.69) is 37.9 Å². The number of nitrogens with zero attached hydrogens (tertiary/aromatic N) is 1. The molecule has 1 nitrogen and oxygen atoms in total. The molecular weight excluding hydrogens is 249 g/mol. The van der Waals surface area contributed by atoms with Crippen LogP contribution in [0.1, 0.15) is 48.9 Å². The van der Waals surface area contributed by atoms with Crippen molar-refractivity contribution in [3.05, 3.63) is 64.7 Å². The van der Waals surface area contributed by atoms with Gasteiger partial charge in [0.15, 0.2) is 0 Å². The third kappa shape index (κ3) is 2.13. The number of hydrogen-bond donors (Lipinski definition) is 0. The van der Waals surface area contributed by atoms with E-state index in [4.69, 9.17) is 0 Å². The summed E-state index contributed by atoms with van der Waals surface area (Å²) < 4.78 is 14.2. The lowest BCUT2D eigenvalue weighted by Crippen LogP contribution is -2.21. The number of aryl methyl sites for hydroxylation is 1. The molecule has 0 aliphatic heterocycles. The largest absolute Gasteiger partial charge is 0.264 e. The first kappa shape index (κ1) is 13.3. The van der Waals surface area contributed by atoms with Gasteiger partial charge in [0.25, 0.3) is 0 Å². The van der Waals surface area contributed by atoms with E-state index in [0.717, 1.165) is 24.0 Å². The molecule has 1 aliphatic carbocycles. The first-order valence-electron chi connectivity index (χ1n) is 7.18. The Balaban J connectivity index is 2.28. The van der Waals surface area contributed by atoms with Crippen molar-refractivity contribution < 1.29 is 4.39 Å². The predicted molar refractivity (Wildman–Crippen MR) is 79.3 cm³/mol. The van der Waals surface area contributed by atoms with Gasteiger partial charge in [0.1, 0.15) is 5.82 Å². The number of aromatic nitrogens is 1. The van der Waals surface area contributed by atoms with Gasteiger partial charge in [-0.15, -0.1) is 0 Å². The predicted octanol–water partition coefficient (Wildman–Crippen LogP) is 4.50. The molecule has 0 N–H and O–H groups in total. The van der Waals surface area contributed by atoms with Crippen LogP contribution in [-0.2, 0) is 12.8 Å². The first-order chi connectivity index (χ1) is 9.48. The maximum absolute atomic E-state index is 14.2. The highest BCUT2D eigenvalue weighted by atomic mass is 19.1. The van der Waals surface area contributed by atoms with Gasteiger partial charge in [-0.3, -0.25) is 4.98 Å². The van der Waals surface area contributed by atoms with Crippen molar-refractivity contribution in [3.8, 4) is 0 Å². The van der Waals surface area contributed by atoms with Gasteiger partial charge in [0.2, 0.25) is 0 Å². The third-order valence-electron chi connectivity index (χ3n) is 4.23. The van der Waals surface area contributed by atoms with Gasteiger partial charge >= 0.3 is 0 Å². The Labute approximate surface area is 119 Å². The van der Waals surface area contributed by atoms with Crippen LogP contribution in [0, 0.1) is 11.2 Å². The van der Waals surface area contributed by atoms with Gasteiger partial charge in [-0.1, -0.05) is 32.9 Å². The van der Waals surface area contributed by atoms with Gasteiger partial charge in [-0.25, -0.2) is 4.39 Å². The lowest BCUT2D eigenvalue weighted by molar-refractivity contribution is 0.356. The van der Waals surface area contributed by atoms with E-state index in [9.17, 15) is 4.39 Å². The van der Waals surface area contributed by atoms with Gasteiger partial charge < -0.3 is 0 Å². The quantitative estimate of drug-likeness (QED) is 0.686.